The van der Waals surface area contributed by atoms with Gasteiger partial charge in [-0.3, -0.25) is 9.10 Å². The number of amides is 1. The first kappa shape index (κ1) is 23.2. The molecule has 0 saturated heterocycles. The molecule has 0 radical (unpaired) electrons. The molecule has 1 amide bonds. The van der Waals surface area contributed by atoms with E-state index in [0.29, 0.717) is 28.5 Å². The smallest absolute Gasteiger partial charge is 0.264 e. The van der Waals surface area contributed by atoms with Crippen LogP contribution in [0, 0.1) is 0 Å². The fourth-order valence-electron chi connectivity index (χ4n) is 3.51. The Morgan fingerprint density at radius 2 is 1.44 bits per heavy atom. The van der Waals surface area contributed by atoms with E-state index in [4.69, 9.17) is 13.6 Å². The maximum Gasteiger partial charge on any atom is 0.264 e. The van der Waals surface area contributed by atoms with E-state index in [9.17, 15) is 13.2 Å². The van der Waals surface area contributed by atoms with E-state index < -0.39 is 10.0 Å². The third kappa shape index (κ3) is 4.84. The minimum absolute atomic E-state index is 0.0566. The lowest BCUT2D eigenvalue weighted by atomic mass is 10.2. The van der Waals surface area contributed by atoms with Crippen LogP contribution in [-0.4, -0.2) is 33.4 Å². The van der Waals surface area contributed by atoms with Crippen LogP contribution < -0.4 is 9.04 Å². The second-order valence-corrected chi connectivity index (χ2v) is 9.46. The van der Waals surface area contributed by atoms with Gasteiger partial charge in [0.05, 0.1) is 43.3 Å². The van der Waals surface area contributed by atoms with Crippen molar-refractivity contribution < 1.29 is 26.8 Å². The Hall–Kier alpha value is -3.98. The van der Waals surface area contributed by atoms with Gasteiger partial charge in [0.25, 0.3) is 15.9 Å². The number of hydrogen-bond donors (Lipinski definition) is 0. The highest BCUT2D eigenvalue weighted by Gasteiger charge is 2.25. The summed E-state index contributed by atoms with van der Waals surface area (Å²) in [4.78, 5) is 14.9. The summed E-state index contributed by atoms with van der Waals surface area (Å²) in [6.45, 7) is 0.478. The Balaban J connectivity index is 1.57. The molecule has 0 aliphatic heterocycles. The summed E-state index contributed by atoms with van der Waals surface area (Å²) in [6.07, 6.45) is 3.09. The molecule has 0 N–H and O–H groups in total. The zero-order valence-electron chi connectivity index (χ0n) is 18.7. The molecule has 0 saturated carbocycles. The Morgan fingerprint density at radius 1 is 0.853 bits per heavy atom. The van der Waals surface area contributed by atoms with E-state index >= 15 is 0 Å². The standard InChI is InChI=1S/C25H24N2O6S/c1-26(23-9-3-4-10-24(23)31-2)34(29,30)22-13-11-19(12-14-22)25(28)27(17-20-7-5-15-32-20)18-21-8-6-16-33-21/h3-16H,17-18H2,1-2H3. The van der Waals surface area contributed by atoms with Gasteiger partial charge in [-0.1, -0.05) is 12.1 Å². The minimum Gasteiger partial charge on any atom is -0.495 e. The fourth-order valence-corrected chi connectivity index (χ4v) is 4.72. The number of anilines is 1. The predicted octanol–water partition coefficient (Wildman–Crippen LogP) is 4.55. The van der Waals surface area contributed by atoms with Gasteiger partial charge in [-0.25, -0.2) is 8.42 Å². The normalized spacial score (nSPS) is 11.2. The number of methoxy groups -OCH3 is 1. The fraction of sp³-hybridized carbons (Fsp3) is 0.160. The summed E-state index contributed by atoms with van der Waals surface area (Å²) < 4.78 is 43.6. The van der Waals surface area contributed by atoms with Gasteiger partial charge in [-0.05, 0) is 60.7 Å². The van der Waals surface area contributed by atoms with Gasteiger partial charge in [0.2, 0.25) is 0 Å². The maximum absolute atomic E-state index is 13.3. The number of carbonyl (C=O) groups excluding carboxylic acids is 1. The van der Waals surface area contributed by atoms with Gasteiger partial charge in [0.1, 0.15) is 17.3 Å². The van der Waals surface area contributed by atoms with Crippen molar-refractivity contribution in [3.63, 3.8) is 0 Å². The monoisotopic (exact) mass is 480 g/mol. The Labute approximate surface area is 198 Å². The van der Waals surface area contributed by atoms with Crippen LogP contribution in [0.1, 0.15) is 21.9 Å². The molecule has 0 fully saturated rings. The number of benzene rings is 2. The predicted molar refractivity (Wildman–Crippen MR) is 126 cm³/mol. The number of hydrogen-bond acceptors (Lipinski definition) is 6. The molecular weight excluding hydrogens is 456 g/mol. The molecular formula is C25H24N2O6S. The summed E-state index contributed by atoms with van der Waals surface area (Å²) in [7, 11) is -0.929. The highest BCUT2D eigenvalue weighted by Crippen LogP contribution is 2.31. The molecule has 0 aliphatic carbocycles. The van der Waals surface area contributed by atoms with Crippen LogP contribution in [0.2, 0.25) is 0 Å². The van der Waals surface area contributed by atoms with Crippen molar-refractivity contribution in [1.29, 1.82) is 0 Å². The lowest BCUT2D eigenvalue weighted by molar-refractivity contribution is 0.0704. The molecule has 0 aliphatic rings. The van der Waals surface area contributed by atoms with Gasteiger partial charge in [-0.15, -0.1) is 0 Å². The lowest BCUT2D eigenvalue weighted by Crippen LogP contribution is -2.30. The van der Waals surface area contributed by atoms with Gasteiger partial charge in [0.15, 0.2) is 0 Å². The Bertz CT molecular complexity index is 1290. The van der Waals surface area contributed by atoms with Gasteiger partial charge in [0, 0.05) is 12.6 Å². The Morgan fingerprint density at radius 3 is 1.97 bits per heavy atom. The largest absolute Gasteiger partial charge is 0.495 e. The Kier molecular flexibility index (Phi) is 6.74. The zero-order chi connectivity index (χ0) is 24.1. The van der Waals surface area contributed by atoms with E-state index in [-0.39, 0.29) is 23.9 Å². The average Bonchev–Trinajstić information content (AvgIpc) is 3.57. The van der Waals surface area contributed by atoms with Gasteiger partial charge < -0.3 is 18.5 Å². The number of furan rings is 2. The number of nitrogens with zero attached hydrogens (tertiary/aromatic N) is 2. The first-order chi connectivity index (χ1) is 16.4. The molecule has 2 aromatic carbocycles. The van der Waals surface area contributed by atoms with Crippen LogP contribution >= 0.6 is 0 Å². The molecule has 4 rings (SSSR count). The van der Waals surface area contributed by atoms with Crippen LogP contribution in [0.4, 0.5) is 5.69 Å². The summed E-state index contributed by atoms with van der Waals surface area (Å²) >= 11 is 0. The van der Waals surface area contributed by atoms with E-state index in [0.717, 1.165) is 4.31 Å². The first-order valence-electron chi connectivity index (χ1n) is 10.5. The van der Waals surface area contributed by atoms with Crippen LogP contribution in [0.5, 0.6) is 5.75 Å². The molecule has 0 unspecified atom stereocenters. The molecule has 0 bridgehead atoms. The van der Waals surface area contributed by atoms with E-state index in [2.05, 4.69) is 0 Å². The number of ether oxygens (including phenoxy) is 1. The number of rotatable bonds is 9. The molecule has 8 nitrogen and oxygen atoms in total. The van der Waals surface area contributed by atoms with Crippen molar-refractivity contribution in [2.24, 2.45) is 0 Å². The highest BCUT2D eigenvalue weighted by molar-refractivity contribution is 7.92. The van der Waals surface area contributed by atoms with E-state index in [1.165, 1.54) is 38.4 Å². The molecule has 0 spiro atoms. The van der Waals surface area contributed by atoms with E-state index in [1.807, 2.05) is 0 Å². The molecule has 176 valence electrons. The van der Waals surface area contributed by atoms with Crippen LogP contribution in [-0.2, 0) is 23.1 Å². The van der Waals surface area contributed by atoms with Crippen LogP contribution in [0.25, 0.3) is 0 Å². The van der Waals surface area contributed by atoms with Crippen LogP contribution in [0.3, 0.4) is 0 Å². The molecule has 2 aromatic heterocycles. The van der Waals surface area contributed by atoms with Crippen molar-refractivity contribution in [2.45, 2.75) is 18.0 Å². The van der Waals surface area contributed by atoms with Crippen molar-refractivity contribution >= 4 is 21.6 Å². The van der Waals surface area contributed by atoms with E-state index in [1.54, 1.807) is 66.0 Å². The third-order valence-corrected chi connectivity index (χ3v) is 7.11. The second-order valence-electron chi connectivity index (χ2n) is 7.49. The molecule has 2 heterocycles. The zero-order valence-corrected chi connectivity index (χ0v) is 19.6. The van der Waals surface area contributed by atoms with Crippen molar-refractivity contribution in [3.8, 4) is 5.75 Å². The summed E-state index contributed by atoms with van der Waals surface area (Å²) in [5, 5.41) is 0. The highest BCUT2D eigenvalue weighted by atomic mass is 32.2. The third-order valence-electron chi connectivity index (χ3n) is 5.32. The van der Waals surface area contributed by atoms with Gasteiger partial charge >= 0.3 is 0 Å². The van der Waals surface area contributed by atoms with Crippen LogP contribution in [0.15, 0.2) is 99.1 Å². The number of carbonyl (C=O) groups is 1. The second kappa shape index (κ2) is 9.88. The van der Waals surface area contributed by atoms with Crippen molar-refractivity contribution in [2.75, 3.05) is 18.5 Å². The minimum atomic E-state index is -3.87. The summed E-state index contributed by atoms with van der Waals surface area (Å²) in [5.74, 6) is 1.40. The van der Waals surface area contributed by atoms with Crippen molar-refractivity contribution in [1.82, 2.24) is 4.90 Å². The quantitative estimate of drug-likeness (QED) is 0.349. The topological polar surface area (TPSA) is 93.2 Å². The average molecular weight is 481 g/mol. The summed E-state index contributed by atoms with van der Waals surface area (Å²) in [6, 6.07) is 19.8. The summed E-state index contributed by atoms with van der Waals surface area (Å²) in [5.41, 5.74) is 0.755. The molecule has 4 aromatic rings. The molecule has 9 heteroatoms. The first-order valence-corrected chi connectivity index (χ1v) is 11.9. The maximum atomic E-state index is 13.3. The molecule has 0 atom stereocenters. The number of para-hydroxylation sites is 2. The lowest BCUT2D eigenvalue weighted by Gasteiger charge is -2.22. The van der Waals surface area contributed by atoms with Crippen molar-refractivity contribution in [3.05, 3.63) is 102 Å². The number of sulfonamides is 1. The van der Waals surface area contributed by atoms with Gasteiger partial charge in [-0.2, -0.15) is 0 Å². The SMILES string of the molecule is COc1ccccc1N(C)S(=O)(=O)c1ccc(C(=O)N(Cc2ccco2)Cc2ccco2)cc1. The molecule has 34 heavy (non-hydrogen) atoms.